The van der Waals surface area contributed by atoms with Crippen molar-refractivity contribution in [2.24, 2.45) is 10.9 Å². The zero-order chi connectivity index (χ0) is 11.3. The van der Waals surface area contributed by atoms with Crippen molar-refractivity contribution in [1.82, 2.24) is 5.32 Å². The van der Waals surface area contributed by atoms with Gasteiger partial charge in [-0.25, -0.2) is 4.99 Å². The second-order valence-electron chi connectivity index (χ2n) is 3.59. The number of aliphatic imine (C=N–C) groups is 1. The van der Waals surface area contributed by atoms with Crippen molar-refractivity contribution in [3.05, 3.63) is 11.5 Å². The summed E-state index contributed by atoms with van der Waals surface area (Å²) in [5.74, 6) is 0.743. The van der Waals surface area contributed by atoms with Gasteiger partial charge in [-0.2, -0.15) is 0 Å². The molecule has 15 heavy (non-hydrogen) atoms. The number of allylic oxidation sites excluding steroid dienone is 2. The highest BCUT2D eigenvalue weighted by molar-refractivity contribution is 6.57. The number of guanidine groups is 1. The second kappa shape index (κ2) is 5.67. The molecule has 82 valence electrons. The lowest BCUT2D eigenvalue weighted by Gasteiger charge is -2.02. The fourth-order valence-electron chi connectivity index (χ4n) is 1.04. The van der Waals surface area contributed by atoms with Gasteiger partial charge in [-0.05, 0) is 31.2 Å². The van der Waals surface area contributed by atoms with Gasteiger partial charge in [-0.3, -0.25) is 5.41 Å². The molecular weight excluding hydrogens is 193 g/mol. The molecular formula is C9H16BN3O2. The molecule has 0 unspecified atom stereocenters. The van der Waals surface area contributed by atoms with Crippen molar-refractivity contribution in [2.75, 3.05) is 6.54 Å². The lowest BCUT2D eigenvalue weighted by atomic mass is 9.80. The van der Waals surface area contributed by atoms with E-state index in [0.717, 1.165) is 6.54 Å². The van der Waals surface area contributed by atoms with Gasteiger partial charge in [0, 0.05) is 12.8 Å². The van der Waals surface area contributed by atoms with E-state index < -0.39 is 7.12 Å². The Morgan fingerprint density at radius 1 is 1.60 bits per heavy atom. The third-order valence-corrected chi connectivity index (χ3v) is 2.23. The first-order valence-corrected chi connectivity index (χ1v) is 5.02. The monoisotopic (exact) mass is 209 g/mol. The molecule has 0 amide bonds. The van der Waals surface area contributed by atoms with Crippen LogP contribution in [0.3, 0.4) is 0 Å². The van der Waals surface area contributed by atoms with Crippen LogP contribution in [-0.4, -0.2) is 35.9 Å². The largest absolute Gasteiger partial charge is 0.489 e. The molecule has 5 nitrogen and oxygen atoms in total. The topological polar surface area (TPSA) is 88.7 Å². The SMILES string of the molecule is C/C=C(\C=N/C(=N)NCC1CC1)B(O)O. The Hall–Kier alpha value is -1.14. The molecule has 0 aliphatic heterocycles. The second-order valence-corrected chi connectivity index (χ2v) is 3.59. The highest BCUT2D eigenvalue weighted by Gasteiger charge is 2.20. The molecule has 0 aromatic rings. The molecule has 1 saturated carbocycles. The number of nitrogens with one attached hydrogen (secondary N) is 2. The van der Waals surface area contributed by atoms with Crippen LogP contribution in [0.15, 0.2) is 16.5 Å². The Morgan fingerprint density at radius 3 is 2.73 bits per heavy atom. The van der Waals surface area contributed by atoms with Gasteiger partial charge in [0.2, 0.25) is 5.96 Å². The van der Waals surface area contributed by atoms with Crippen molar-refractivity contribution in [1.29, 1.82) is 5.41 Å². The summed E-state index contributed by atoms with van der Waals surface area (Å²) >= 11 is 0. The van der Waals surface area contributed by atoms with Crippen molar-refractivity contribution in [3.8, 4) is 0 Å². The molecule has 4 N–H and O–H groups in total. The van der Waals surface area contributed by atoms with E-state index >= 15 is 0 Å². The van der Waals surface area contributed by atoms with Crippen molar-refractivity contribution < 1.29 is 10.0 Å². The number of nitrogens with zero attached hydrogens (tertiary/aromatic N) is 1. The molecule has 1 aliphatic carbocycles. The van der Waals surface area contributed by atoms with Crippen LogP contribution in [0.2, 0.25) is 0 Å². The molecule has 0 aromatic heterocycles. The minimum absolute atomic E-state index is 0.0573. The smallest absolute Gasteiger partial charge is 0.423 e. The van der Waals surface area contributed by atoms with Gasteiger partial charge < -0.3 is 15.4 Å². The number of rotatable bonds is 4. The van der Waals surface area contributed by atoms with Crippen LogP contribution in [0.5, 0.6) is 0 Å². The highest BCUT2D eigenvalue weighted by Crippen LogP contribution is 2.27. The highest BCUT2D eigenvalue weighted by atomic mass is 16.4. The van der Waals surface area contributed by atoms with Gasteiger partial charge >= 0.3 is 7.12 Å². The lowest BCUT2D eigenvalue weighted by molar-refractivity contribution is 0.422. The molecule has 0 atom stereocenters. The maximum Gasteiger partial charge on any atom is 0.489 e. The minimum Gasteiger partial charge on any atom is -0.423 e. The van der Waals surface area contributed by atoms with Crippen LogP contribution in [0.4, 0.5) is 0 Å². The maximum atomic E-state index is 8.86. The van der Waals surface area contributed by atoms with E-state index in [2.05, 4.69) is 10.3 Å². The quantitative estimate of drug-likeness (QED) is 0.297. The van der Waals surface area contributed by atoms with Crippen molar-refractivity contribution in [2.45, 2.75) is 19.8 Å². The summed E-state index contributed by atoms with van der Waals surface area (Å²) in [6.45, 7) is 2.46. The molecule has 1 fully saturated rings. The number of hydrogen-bond acceptors (Lipinski definition) is 3. The van der Waals surface area contributed by atoms with Crippen molar-refractivity contribution in [3.63, 3.8) is 0 Å². The van der Waals surface area contributed by atoms with Gasteiger partial charge in [-0.1, -0.05) is 6.08 Å². The van der Waals surface area contributed by atoms with E-state index in [1.807, 2.05) is 0 Å². The van der Waals surface area contributed by atoms with Crippen LogP contribution >= 0.6 is 0 Å². The van der Waals surface area contributed by atoms with E-state index in [9.17, 15) is 0 Å². The summed E-state index contributed by atoms with van der Waals surface area (Å²) in [5.41, 5.74) is 0.285. The first-order chi connectivity index (χ1) is 7.13. The Kier molecular flexibility index (Phi) is 4.52. The molecule has 0 saturated heterocycles. The van der Waals surface area contributed by atoms with E-state index in [-0.39, 0.29) is 11.4 Å². The zero-order valence-electron chi connectivity index (χ0n) is 8.77. The van der Waals surface area contributed by atoms with Crippen LogP contribution in [-0.2, 0) is 0 Å². The summed E-state index contributed by atoms with van der Waals surface area (Å²) < 4.78 is 0. The predicted octanol–water partition coefficient (Wildman–Crippen LogP) is -0.0501. The van der Waals surface area contributed by atoms with E-state index in [1.54, 1.807) is 13.0 Å². The van der Waals surface area contributed by atoms with Gasteiger partial charge in [0.1, 0.15) is 0 Å². The summed E-state index contributed by atoms with van der Waals surface area (Å²) in [7, 11) is -1.53. The molecule has 0 spiro atoms. The molecule has 6 heteroatoms. The van der Waals surface area contributed by atoms with Crippen LogP contribution in [0.1, 0.15) is 19.8 Å². The van der Waals surface area contributed by atoms with Gasteiger partial charge in [0.25, 0.3) is 0 Å². The minimum atomic E-state index is -1.53. The predicted molar refractivity (Wildman–Crippen MR) is 60.9 cm³/mol. The molecule has 1 aliphatic rings. The summed E-state index contributed by atoms with van der Waals surface area (Å²) in [6, 6.07) is 0. The molecule has 0 radical (unpaired) electrons. The molecule has 0 aromatic carbocycles. The first-order valence-electron chi connectivity index (χ1n) is 5.02. The normalized spacial score (nSPS) is 16.9. The first kappa shape index (κ1) is 11.9. The standard InChI is InChI=1S/C9H16BN3O2/c1-2-8(10(14)15)6-13-9(11)12-5-7-3-4-7/h2,6-7,14-15H,3-5H2,1H3,(H2,11,12)/b8-2+,13-6-. The average Bonchev–Trinajstić information content (AvgIpc) is 2.98. The average molecular weight is 209 g/mol. The van der Waals surface area contributed by atoms with Crippen LogP contribution < -0.4 is 5.32 Å². The third-order valence-electron chi connectivity index (χ3n) is 2.23. The van der Waals surface area contributed by atoms with E-state index in [1.165, 1.54) is 19.1 Å². The Labute approximate surface area is 89.6 Å². The van der Waals surface area contributed by atoms with Crippen molar-refractivity contribution >= 4 is 19.3 Å². The van der Waals surface area contributed by atoms with Gasteiger partial charge in [0.05, 0.1) is 0 Å². The number of hydrogen-bond donors (Lipinski definition) is 4. The van der Waals surface area contributed by atoms with Gasteiger partial charge in [0.15, 0.2) is 0 Å². The van der Waals surface area contributed by atoms with E-state index in [4.69, 9.17) is 15.5 Å². The lowest BCUT2D eigenvalue weighted by Crippen LogP contribution is -2.24. The van der Waals surface area contributed by atoms with Crippen LogP contribution in [0.25, 0.3) is 0 Å². The zero-order valence-corrected chi connectivity index (χ0v) is 8.77. The molecule has 1 rings (SSSR count). The fourth-order valence-corrected chi connectivity index (χ4v) is 1.04. The fraction of sp³-hybridized carbons (Fsp3) is 0.556. The summed E-state index contributed by atoms with van der Waals surface area (Å²) in [4.78, 5) is 3.78. The summed E-state index contributed by atoms with van der Waals surface area (Å²) in [5, 5.41) is 28.0. The van der Waals surface area contributed by atoms with Gasteiger partial charge in [-0.15, -0.1) is 0 Å². The summed E-state index contributed by atoms with van der Waals surface area (Å²) in [6.07, 6.45) is 5.27. The van der Waals surface area contributed by atoms with Crippen LogP contribution in [0, 0.1) is 11.3 Å². The third kappa shape index (κ3) is 4.76. The Balaban J connectivity index is 2.30. The van der Waals surface area contributed by atoms with E-state index in [0.29, 0.717) is 5.92 Å². The Bertz CT molecular complexity index is 285. The Morgan fingerprint density at radius 2 is 2.27 bits per heavy atom. The molecule has 0 bridgehead atoms. The maximum absolute atomic E-state index is 8.86. The molecule has 0 heterocycles.